The van der Waals surface area contributed by atoms with E-state index in [0.29, 0.717) is 23.7 Å². The summed E-state index contributed by atoms with van der Waals surface area (Å²) in [6, 6.07) is 4.33. The largest absolute Gasteiger partial charge is 0.497 e. The predicted molar refractivity (Wildman–Crippen MR) is 83.1 cm³/mol. The normalized spacial score (nSPS) is 12.0. The van der Waals surface area contributed by atoms with Crippen LogP contribution in [0.1, 0.15) is 25.8 Å². The highest BCUT2D eigenvalue weighted by Gasteiger charge is 2.12. The number of methoxy groups -OCH3 is 1. The summed E-state index contributed by atoms with van der Waals surface area (Å²) in [6.07, 6.45) is 3.71. The van der Waals surface area contributed by atoms with Gasteiger partial charge in [-0.15, -0.1) is 0 Å². The first-order chi connectivity index (χ1) is 10.5. The van der Waals surface area contributed by atoms with Gasteiger partial charge in [0.05, 0.1) is 13.7 Å². The Morgan fingerprint density at radius 1 is 1.41 bits per heavy atom. The lowest BCUT2D eigenvalue weighted by molar-refractivity contribution is -0.140. The summed E-state index contributed by atoms with van der Waals surface area (Å²) < 4.78 is 10.8. The number of nitrogens with one attached hydrogen (secondary N) is 1. The second-order valence-electron chi connectivity index (χ2n) is 4.65. The smallest absolute Gasteiger partial charge is 0.325 e. The molecule has 2 N–H and O–H groups in total. The highest BCUT2D eigenvalue weighted by Crippen LogP contribution is 2.26. The van der Waals surface area contributed by atoms with Crippen molar-refractivity contribution in [3.63, 3.8) is 0 Å². The van der Waals surface area contributed by atoms with Crippen LogP contribution in [0.15, 0.2) is 24.3 Å². The fourth-order valence-corrected chi connectivity index (χ4v) is 1.61. The first kappa shape index (κ1) is 17.6. The molecule has 1 atom stereocenters. The van der Waals surface area contributed by atoms with Gasteiger partial charge in [-0.1, -0.05) is 6.92 Å². The molecule has 0 saturated carbocycles. The number of aliphatic carboxylic acids is 1. The minimum Gasteiger partial charge on any atom is -0.497 e. The molecule has 1 unspecified atom stereocenters. The molecule has 1 aromatic carbocycles. The molecule has 6 heteroatoms. The van der Waals surface area contributed by atoms with Gasteiger partial charge in [-0.3, -0.25) is 9.59 Å². The third-order valence-electron chi connectivity index (χ3n) is 2.83. The van der Waals surface area contributed by atoms with Crippen molar-refractivity contribution < 1.29 is 24.2 Å². The minimum atomic E-state index is -1.09. The number of carbonyl (C=O) groups is 2. The summed E-state index contributed by atoms with van der Waals surface area (Å²) in [5.74, 6) is -0.297. The topological polar surface area (TPSA) is 84.9 Å². The van der Waals surface area contributed by atoms with Crippen LogP contribution in [0.5, 0.6) is 11.5 Å². The van der Waals surface area contributed by atoms with Crippen LogP contribution in [-0.2, 0) is 9.59 Å². The van der Waals surface area contributed by atoms with Crippen LogP contribution >= 0.6 is 0 Å². The summed E-state index contributed by atoms with van der Waals surface area (Å²) in [5, 5.41) is 11.1. The molecule has 0 aliphatic rings. The van der Waals surface area contributed by atoms with Crippen LogP contribution in [0.2, 0.25) is 0 Å². The molecule has 6 nitrogen and oxygen atoms in total. The van der Waals surface area contributed by atoms with Gasteiger partial charge in [0.1, 0.15) is 17.5 Å². The zero-order valence-electron chi connectivity index (χ0n) is 13.0. The number of rotatable bonds is 8. The van der Waals surface area contributed by atoms with Crippen LogP contribution in [0, 0.1) is 0 Å². The highest BCUT2D eigenvalue weighted by molar-refractivity contribution is 5.94. The predicted octanol–water partition coefficient (Wildman–Crippen LogP) is 2.09. The quantitative estimate of drug-likeness (QED) is 0.718. The monoisotopic (exact) mass is 307 g/mol. The number of carboxylic acids is 1. The summed E-state index contributed by atoms with van der Waals surface area (Å²) in [7, 11) is 1.56. The Bertz CT molecular complexity index is 553. The molecule has 120 valence electrons. The average Bonchev–Trinajstić information content (AvgIpc) is 2.50. The van der Waals surface area contributed by atoms with E-state index in [2.05, 4.69) is 5.32 Å². The number of hydrogen-bond acceptors (Lipinski definition) is 4. The van der Waals surface area contributed by atoms with E-state index in [1.54, 1.807) is 31.4 Å². The molecular weight excluding hydrogens is 286 g/mol. The Morgan fingerprint density at radius 3 is 2.73 bits per heavy atom. The Hall–Kier alpha value is -2.50. The molecule has 1 amide bonds. The van der Waals surface area contributed by atoms with E-state index in [9.17, 15) is 9.59 Å². The first-order valence-corrected chi connectivity index (χ1v) is 7.00. The Morgan fingerprint density at radius 2 is 2.14 bits per heavy atom. The van der Waals surface area contributed by atoms with E-state index in [4.69, 9.17) is 14.6 Å². The lowest BCUT2D eigenvalue weighted by atomic mass is 10.1. The van der Waals surface area contributed by atoms with Crippen molar-refractivity contribution in [3.05, 3.63) is 29.8 Å². The number of hydrogen-bond donors (Lipinski definition) is 2. The van der Waals surface area contributed by atoms with Crippen LogP contribution in [0.25, 0.3) is 6.08 Å². The zero-order valence-corrected chi connectivity index (χ0v) is 13.0. The molecule has 0 aliphatic heterocycles. The van der Waals surface area contributed by atoms with Crippen LogP contribution in [0.4, 0.5) is 0 Å². The van der Waals surface area contributed by atoms with Crippen molar-refractivity contribution in [1.82, 2.24) is 5.32 Å². The molecule has 0 spiro atoms. The Balaban J connectivity index is 2.84. The SMILES string of the molecule is CCCOc1cc(OC)ccc1/C=C/C(=O)NC(C)C(=O)O. The van der Waals surface area contributed by atoms with Gasteiger partial charge < -0.3 is 19.9 Å². The Kier molecular flexibility index (Phi) is 6.95. The third-order valence-corrected chi connectivity index (χ3v) is 2.83. The lowest BCUT2D eigenvalue weighted by Gasteiger charge is -2.10. The molecule has 1 rings (SSSR count). The van der Waals surface area contributed by atoms with Crippen molar-refractivity contribution in [2.75, 3.05) is 13.7 Å². The van der Waals surface area contributed by atoms with E-state index in [-0.39, 0.29) is 0 Å². The molecule has 0 fully saturated rings. The van der Waals surface area contributed by atoms with Gasteiger partial charge in [-0.2, -0.15) is 0 Å². The molecular formula is C16H21NO5. The van der Waals surface area contributed by atoms with E-state index < -0.39 is 17.9 Å². The summed E-state index contributed by atoms with van der Waals surface area (Å²) >= 11 is 0. The maximum atomic E-state index is 11.7. The van der Waals surface area contributed by atoms with Gasteiger partial charge >= 0.3 is 5.97 Å². The van der Waals surface area contributed by atoms with Gasteiger partial charge in [0.25, 0.3) is 0 Å². The molecule has 0 aliphatic carbocycles. The van der Waals surface area contributed by atoms with E-state index in [1.807, 2.05) is 6.92 Å². The standard InChI is InChI=1S/C16H21NO5/c1-4-9-22-14-10-13(21-3)7-5-12(14)6-8-15(18)17-11(2)16(19)20/h5-8,10-11H,4,9H2,1-3H3,(H,17,18)(H,19,20)/b8-6+. The van der Waals surface area contributed by atoms with Crippen molar-refractivity contribution in [2.24, 2.45) is 0 Å². The van der Waals surface area contributed by atoms with Gasteiger partial charge in [-0.05, 0) is 31.6 Å². The van der Waals surface area contributed by atoms with Crippen molar-refractivity contribution in [3.8, 4) is 11.5 Å². The van der Waals surface area contributed by atoms with Crippen molar-refractivity contribution in [2.45, 2.75) is 26.3 Å². The third kappa shape index (κ3) is 5.47. The van der Waals surface area contributed by atoms with Crippen LogP contribution < -0.4 is 14.8 Å². The lowest BCUT2D eigenvalue weighted by Crippen LogP contribution is -2.37. The maximum absolute atomic E-state index is 11.7. The molecule has 0 radical (unpaired) electrons. The number of carbonyl (C=O) groups excluding carboxylic acids is 1. The second-order valence-corrected chi connectivity index (χ2v) is 4.65. The number of ether oxygens (including phenoxy) is 2. The second kappa shape index (κ2) is 8.71. The minimum absolute atomic E-state index is 0.479. The van der Waals surface area contributed by atoms with Gasteiger partial charge in [-0.25, -0.2) is 0 Å². The van der Waals surface area contributed by atoms with Crippen LogP contribution in [-0.4, -0.2) is 36.7 Å². The molecule has 0 heterocycles. The average molecular weight is 307 g/mol. The summed E-state index contributed by atoms with van der Waals surface area (Å²) in [5.41, 5.74) is 0.715. The molecule has 0 saturated heterocycles. The molecule has 1 aromatic rings. The van der Waals surface area contributed by atoms with E-state index in [1.165, 1.54) is 13.0 Å². The molecule has 22 heavy (non-hydrogen) atoms. The fraction of sp³-hybridized carbons (Fsp3) is 0.375. The van der Waals surface area contributed by atoms with E-state index in [0.717, 1.165) is 6.42 Å². The molecule has 0 bridgehead atoms. The zero-order chi connectivity index (χ0) is 16.5. The number of amides is 1. The summed E-state index contributed by atoms with van der Waals surface area (Å²) in [6.45, 7) is 3.95. The van der Waals surface area contributed by atoms with E-state index >= 15 is 0 Å². The van der Waals surface area contributed by atoms with Crippen molar-refractivity contribution >= 4 is 18.0 Å². The van der Waals surface area contributed by atoms with Gasteiger partial charge in [0, 0.05) is 17.7 Å². The molecule has 0 aromatic heterocycles. The van der Waals surface area contributed by atoms with Crippen molar-refractivity contribution in [1.29, 1.82) is 0 Å². The first-order valence-electron chi connectivity index (χ1n) is 7.00. The van der Waals surface area contributed by atoms with Crippen LogP contribution in [0.3, 0.4) is 0 Å². The number of carboxylic acid groups (broad SMARTS) is 1. The Labute approximate surface area is 129 Å². The highest BCUT2D eigenvalue weighted by atomic mass is 16.5. The maximum Gasteiger partial charge on any atom is 0.325 e. The fourth-order valence-electron chi connectivity index (χ4n) is 1.61. The van der Waals surface area contributed by atoms with Gasteiger partial charge in [0.2, 0.25) is 5.91 Å². The number of benzene rings is 1. The van der Waals surface area contributed by atoms with Gasteiger partial charge in [0.15, 0.2) is 0 Å². The summed E-state index contributed by atoms with van der Waals surface area (Å²) in [4.78, 5) is 22.3.